The van der Waals surface area contributed by atoms with Gasteiger partial charge in [-0.3, -0.25) is 4.79 Å². The average Bonchev–Trinajstić information content (AvgIpc) is 2.25. The van der Waals surface area contributed by atoms with Gasteiger partial charge in [0.15, 0.2) is 0 Å². The second-order valence-corrected chi connectivity index (χ2v) is 3.53. The number of rotatable bonds is 8. The highest BCUT2D eigenvalue weighted by Gasteiger charge is 2.12. The highest BCUT2D eigenvalue weighted by Crippen LogP contribution is 1.93. The second-order valence-electron chi connectivity index (χ2n) is 3.53. The summed E-state index contributed by atoms with van der Waals surface area (Å²) in [5, 5.41) is 5.85. The zero-order valence-corrected chi connectivity index (χ0v) is 9.88. The Morgan fingerprint density at radius 3 is 2.73 bits per heavy atom. The minimum atomic E-state index is -0.394. The molecule has 88 valence electrons. The molecular weight excluding hydrogens is 192 g/mol. The first-order valence-electron chi connectivity index (χ1n) is 5.29. The Bertz CT molecular complexity index is 195. The Balaban J connectivity index is 3.64. The smallest absolute Gasteiger partial charge is 0.248 e. The van der Waals surface area contributed by atoms with E-state index in [4.69, 9.17) is 4.74 Å². The van der Waals surface area contributed by atoms with Crippen molar-refractivity contribution in [3.63, 3.8) is 0 Å². The third-order valence-corrected chi connectivity index (χ3v) is 2.13. The summed E-state index contributed by atoms with van der Waals surface area (Å²) in [5.74, 6) is -0.0684. The van der Waals surface area contributed by atoms with Crippen molar-refractivity contribution >= 4 is 5.91 Å². The van der Waals surface area contributed by atoms with Gasteiger partial charge in [0.25, 0.3) is 0 Å². The van der Waals surface area contributed by atoms with Crippen LogP contribution in [0.25, 0.3) is 0 Å². The highest BCUT2D eigenvalue weighted by molar-refractivity contribution is 5.80. The first-order valence-corrected chi connectivity index (χ1v) is 5.29. The van der Waals surface area contributed by atoms with Gasteiger partial charge in [0.2, 0.25) is 5.91 Å². The Kier molecular flexibility index (Phi) is 7.95. The number of carbonyl (C=O) groups excluding carboxylic acids is 1. The maximum Gasteiger partial charge on any atom is 0.248 e. The molecule has 0 saturated heterocycles. The molecule has 0 rings (SSSR count). The SMILES string of the molecule is C=CCCOC(C)C(=O)NCC(C)NC. The quantitative estimate of drug-likeness (QED) is 0.462. The number of ether oxygens (including phenoxy) is 1. The molecule has 0 radical (unpaired) electrons. The lowest BCUT2D eigenvalue weighted by molar-refractivity contribution is -0.131. The van der Waals surface area contributed by atoms with Crippen LogP contribution in [-0.2, 0) is 9.53 Å². The van der Waals surface area contributed by atoms with Crippen molar-refractivity contribution in [1.82, 2.24) is 10.6 Å². The third kappa shape index (κ3) is 7.11. The number of nitrogens with one attached hydrogen (secondary N) is 2. The Labute approximate surface area is 92.1 Å². The van der Waals surface area contributed by atoms with E-state index in [0.717, 1.165) is 6.42 Å². The van der Waals surface area contributed by atoms with Gasteiger partial charge < -0.3 is 15.4 Å². The fraction of sp³-hybridized carbons (Fsp3) is 0.727. The van der Waals surface area contributed by atoms with Crippen LogP contribution >= 0.6 is 0 Å². The molecule has 15 heavy (non-hydrogen) atoms. The summed E-state index contributed by atoms with van der Waals surface area (Å²) in [5.41, 5.74) is 0. The van der Waals surface area contributed by atoms with Crippen LogP contribution in [0, 0.1) is 0 Å². The molecular formula is C11H22N2O2. The van der Waals surface area contributed by atoms with Gasteiger partial charge in [-0.2, -0.15) is 0 Å². The molecule has 2 unspecified atom stereocenters. The topological polar surface area (TPSA) is 50.4 Å². The lowest BCUT2D eigenvalue weighted by Gasteiger charge is -2.15. The van der Waals surface area contributed by atoms with E-state index in [1.165, 1.54) is 0 Å². The van der Waals surface area contributed by atoms with Crippen LogP contribution in [0.2, 0.25) is 0 Å². The van der Waals surface area contributed by atoms with Gasteiger partial charge in [-0.15, -0.1) is 6.58 Å². The predicted molar refractivity (Wildman–Crippen MR) is 61.8 cm³/mol. The van der Waals surface area contributed by atoms with E-state index in [2.05, 4.69) is 17.2 Å². The van der Waals surface area contributed by atoms with Crippen LogP contribution in [0.4, 0.5) is 0 Å². The predicted octanol–water partition coefficient (Wildman–Crippen LogP) is 0.692. The molecule has 0 fully saturated rings. The fourth-order valence-corrected chi connectivity index (χ4v) is 0.903. The molecule has 0 spiro atoms. The Hall–Kier alpha value is -0.870. The fourth-order valence-electron chi connectivity index (χ4n) is 0.903. The van der Waals surface area contributed by atoms with Gasteiger partial charge in [-0.05, 0) is 27.3 Å². The van der Waals surface area contributed by atoms with E-state index in [0.29, 0.717) is 13.2 Å². The monoisotopic (exact) mass is 214 g/mol. The van der Waals surface area contributed by atoms with E-state index in [9.17, 15) is 4.79 Å². The molecule has 0 aromatic carbocycles. The van der Waals surface area contributed by atoms with Crippen LogP contribution in [0.5, 0.6) is 0 Å². The maximum atomic E-state index is 11.5. The summed E-state index contributed by atoms with van der Waals surface area (Å²) in [4.78, 5) is 11.5. The molecule has 0 saturated carbocycles. The van der Waals surface area contributed by atoms with Crippen molar-refractivity contribution in [2.24, 2.45) is 0 Å². The molecule has 0 aromatic heterocycles. The lowest BCUT2D eigenvalue weighted by Crippen LogP contribution is -2.41. The van der Waals surface area contributed by atoms with Crippen LogP contribution in [0.3, 0.4) is 0 Å². The van der Waals surface area contributed by atoms with Crippen molar-refractivity contribution in [1.29, 1.82) is 0 Å². The molecule has 4 nitrogen and oxygen atoms in total. The van der Waals surface area contributed by atoms with Gasteiger partial charge in [0.05, 0.1) is 6.61 Å². The van der Waals surface area contributed by atoms with Crippen LogP contribution in [-0.4, -0.2) is 38.3 Å². The van der Waals surface area contributed by atoms with Crippen molar-refractivity contribution in [2.75, 3.05) is 20.2 Å². The van der Waals surface area contributed by atoms with Crippen molar-refractivity contribution in [3.05, 3.63) is 12.7 Å². The number of hydrogen-bond donors (Lipinski definition) is 2. The standard InChI is InChI=1S/C11H22N2O2/c1-5-6-7-15-10(3)11(14)13-8-9(2)12-4/h5,9-10,12H,1,6-8H2,2-4H3,(H,13,14). The summed E-state index contributed by atoms with van der Waals surface area (Å²) in [6.07, 6.45) is 2.15. The second kappa shape index (κ2) is 8.44. The molecule has 0 aliphatic heterocycles. The number of carbonyl (C=O) groups is 1. The summed E-state index contributed by atoms with van der Waals surface area (Å²) in [6.45, 7) is 8.50. The Morgan fingerprint density at radius 2 is 2.20 bits per heavy atom. The average molecular weight is 214 g/mol. The van der Waals surface area contributed by atoms with E-state index < -0.39 is 6.10 Å². The van der Waals surface area contributed by atoms with Crippen LogP contribution in [0.15, 0.2) is 12.7 Å². The molecule has 1 amide bonds. The summed E-state index contributed by atoms with van der Waals surface area (Å²) in [7, 11) is 1.86. The molecule has 2 N–H and O–H groups in total. The van der Waals surface area contributed by atoms with Crippen LogP contribution in [0.1, 0.15) is 20.3 Å². The highest BCUT2D eigenvalue weighted by atomic mass is 16.5. The minimum Gasteiger partial charge on any atom is -0.368 e. The summed E-state index contributed by atoms with van der Waals surface area (Å²) in [6, 6.07) is 0.273. The maximum absolute atomic E-state index is 11.5. The molecule has 0 aliphatic rings. The summed E-state index contributed by atoms with van der Waals surface area (Å²) < 4.78 is 5.31. The largest absolute Gasteiger partial charge is 0.368 e. The van der Waals surface area contributed by atoms with Crippen LogP contribution < -0.4 is 10.6 Å². The van der Waals surface area contributed by atoms with E-state index in [-0.39, 0.29) is 11.9 Å². The zero-order chi connectivity index (χ0) is 11.7. The van der Waals surface area contributed by atoms with E-state index in [1.54, 1.807) is 13.0 Å². The number of amides is 1. The molecule has 0 heterocycles. The normalized spacial score (nSPS) is 14.3. The van der Waals surface area contributed by atoms with Gasteiger partial charge >= 0.3 is 0 Å². The van der Waals surface area contributed by atoms with Gasteiger partial charge in [-0.1, -0.05) is 6.08 Å². The van der Waals surface area contributed by atoms with E-state index in [1.807, 2.05) is 14.0 Å². The summed E-state index contributed by atoms with van der Waals surface area (Å²) >= 11 is 0. The lowest BCUT2D eigenvalue weighted by atomic mass is 10.3. The number of hydrogen-bond acceptors (Lipinski definition) is 3. The zero-order valence-electron chi connectivity index (χ0n) is 9.88. The van der Waals surface area contributed by atoms with Crippen molar-refractivity contribution in [3.8, 4) is 0 Å². The molecule has 0 bridgehead atoms. The first-order chi connectivity index (χ1) is 7.11. The van der Waals surface area contributed by atoms with Crippen molar-refractivity contribution in [2.45, 2.75) is 32.4 Å². The number of likely N-dealkylation sites (N-methyl/N-ethyl adjacent to an activating group) is 1. The molecule has 0 aliphatic carbocycles. The van der Waals surface area contributed by atoms with Gasteiger partial charge in [-0.25, -0.2) is 0 Å². The third-order valence-electron chi connectivity index (χ3n) is 2.13. The van der Waals surface area contributed by atoms with Crippen molar-refractivity contribution < 1.29 is 9.53 Å². The molecule has 0 aromatic rings. The Morgan fingerprint density at radius 1 is 1.53 bits per heavy atom. The molecule has 4 heteroatoms. The van der Waals surface area contributed by atoms with Gasteiger partial charge in [0, 0.05) is 12.6 Å². The molecule has 2 atom stereocenters. The van der Waals surface area contributed by atoms with E-state index >= 15 is 0 Å². The first kappa shape index (κ1) is 14.1. The van der Waals surface area contributed by atoms with Gasteiger partial charge in [0.1, 0.15) is 6.10 Å². The minimum absolute atomic E-state index is 0.0684.